The molecular formula is C23H35Cl2N3O2. The van der Waals surface area contributed by atoms with Crippen molar-refractivity contribution in [2.45, 2.75) is 45.1 Å². The molecule has 4 saturated carbocycles. The maximum atomic E-state index is 12.9. The minimum atomic E-state index is -0.0443. The molecule has 0 unspecified atom stereocenters. The van der Waals surface area contributed by atoms with Crippen molar-refractivity contribution in [1.82, 2.24) is 16.0 Å². The summed E-state index contributed by atoms with van der Waals surface area (Å²) >= 11 is 6.35. The van der Waals surface area contributed by atoms with Gasteiger partial charge in [-0.05, 0) is 79.4 Å². The molecule has 0 spiro atoms. The molecule has 0 heterocycles. The summed E-state index contributed by atoms with van der Waals surface area (Å²) in [6.45, 7) is 3.84. The molecule has 168 valence electrons. The van der Waals surface area contributed by atoms with E-state index in [-0.39, 0.29) is 24.9 Å². The fraction of sp³-hybridized carbons (Fsp3) is 0.696. The third-order valence-electron chi connectivity index (χ3n) is 7.16. The van der Waals surface area contributed by atoms with Crippen LogP contribution in [0.5, 0.6) is 0 Å². The Labute approximate surface area is 191 Å². The summed E-state index contributed by atoms with van der Waals surface area (Å²) in [6, 6.07) is 5.69. The van der Waals surface area contributed by atoms with E-state index in [9.17, 15) is 4.79 Å². The van der Waals surface area contributed by atoms with Crippen molar-refractivity contribution >= 4 is 29.9 Å². The first-order valence-corrected chi connectivity index (χ1v) is 11.5. The van der Waals surface area contributed by atoms with Crippen LogP contribution in [0.3, 0.4) is 0 Å². The van der Waals surface area contributed by atoms with Gasteiger partial charge in [-0.1, -0.05) is 17.7 Å². The SMILES string of the molecule is Cl.O=C(NCC12CC3CC(CC(C3)C1)C2)c1cc(CNCCNCCO)ccc1Cl. The highest BCUT2D eigenvalue weighted by molar-refractivity contribution is 6.33. The van der Waals surface area contributed by atoms with Crippen LogP contribution >= 0.6 is 24.0 Å². The predicted molar refractivity (Wildman–Crippen MR) is 123 cm³/mol. The first kappa shape index (κ1) is 23.8. The second-order valence-corrected chi connectivity index (χ2v) is 9.97. The maximum absolute atomic E-state index is 12.9. The number of aliphatic hydroxyl groups is 1. The van der Waals surface area contributed by atoms with Crippen LogP contribution in [0.15, 0.2) is 18.2 Å². The van der Waals surface area contributed by atoms with E-state index in [0.717, 1.165) is 43.0 Å². The molecule has 0 saturated heterocycles. The number of aliphatic hydroxyl groups excluding tert-OH is 1. The van der Waals surface area contributed by atoms with Crippen molar-refractivity contribution in [2.24, 2.45) is 23.2 Å². The highest BCUT2D eigenvalue weighted by Crippen LogP contribution is 2.59. The molecule has 5 nitrogen and oxygen atoms in total. The van der Waals surface area contributed by atoms with Crippen LogP contribution in [0.4, 0.5) is 0 Å². The third kappa shape index (κ3) is 5.68. The average Bonchev–Trinajstić information content (AvgIpc) is 2.69. The molecule has 0 radical (unpaired) electrons. The molecule has 1 aromatic rings. The summed E-state index contributed by atoms with van der Waals surface area (Å²) in [5.41, 5.74) is 1.96. The Hall–Kier alpha value is -0.850. The Morgan fingerprint density at radius 2 is 1.67 bits per heavy atom. The van der Waals surface area contributed by atoms with Crippen LogP contribution in [-0.2, 0) is 6.54 Å². The van der Waals surface area contributed by atoms with Gasteiger partial charge in [-0.15, -0.1) is 12.4 Å². The second-order valence-electron chi connectivity index (χ2n) is 9.56. The van der Waals surface area contributed by atoms with E-state index in [2.05, 4.69) is 16.0 Å². The van der Waals surface area contributed by atoms with Gasteiger partial charge in [0.1, 0.15) is 0 Å². The Morgan fingerprint density at radius 3 is 2.30 bits per heavy atom. The van der Waals surface area contributed by atoms with Crippen LogP contribution in [0.25, 0.3) is 0 Å². The zero-order valence-electron chi connectivity index (χ0n) is 17.6. The molecule has 5 rings (SSSR count). The molecule has 4 N–H and O–H groups in total. The van der Waals surface area contributed by atoms with Gasteiger partial charge in [-0.3, -0.25) is 4.79 Å². The van der Waals surface area contributed by atoms with E-state index >= 15 is 0 Å². The zero-order chi connectivity index (χ0) is 20.3. The van der Waals surface area contributed by atoms with E-state index in [4.69, 9.17) is 16.7 Å². The molecule has 0 aromatic heterocycles. The first-order valence-electron chi connectivity index (χ1n) is 11.2. The summed E-state index contributed by atoms with van der Waals surface area (Å²) in [5, 5.41) is 19.0. The largest absolute Gasteiger partial charge is 0.395 e. The normalized spacial score (nSPS) is 28.9. The van der Waals surface area contributed by atoms with E-state index in [0.29, 0.717) is 29.1 Å². The van der Waals surface area contributed by atoms with Crippen molar-refractivity contribution < 1.29 is 9.90 Å². The molecule has 30 heavy (non-hydrogen) atoms. The molecule has 0 atom stereocenters. The summed E-state index contributed by atoms with van der Waals surface area (Å²) in [5.74, 6) is 2.63. The molecule has 1 aromatic carbocycles. The lowest BCUT2D eigenvalue weighted by molar-refractivity contribution is -0.0503. The van der Waals surface area contributed by atoms with Crippen molar-refractivity contribution in [3.05, 3.63) is 34.3 Å². The molecule has 4 aliphatic rings. The van der Waals surface area contributed by atoms with Gasteiger partial charge in [0.05, 0.1) is 17.2 Å². The molecule has 7 heteroatoms. The number of carbonyl (C=O) groups excluding carboxylic acids is 1. The lowest BCUT2D eigenvalue weighted by Gasteiger charge is -2.56. The molecular weight excluding hydrogens is 421 g/mol. The van der Waals surface area contributed by atoms with Crippen LogP contribution in [0, 0.1) is 23.2 Å². The number of benzene rings is 1. The number of hydrogen-bond donors (Lipinski definition) is 4. The molecule has 4 aliphatic carbocycles. The maximum Gasteiger partial charge on any atom is 0.252 e. The Bertz CT molecular complexity index is 693. The average molecular weight is 456 g/mol. The first-order chi connectivity index (χ1) is 14.1. The van der Waals surface area contributed by atoms with Gasteiger partial charge < -0.3 is 21.1 Å². The Kier molecular flexibility index (Phi) is 8.45. The van der Waals surface area contributed by atoms with E-state index in [1.165, 1.54) is 38.5 Å². The van der Waals surface area contributed by atoms with Crippen LogP contribution in [0.1, 0.15) is 54.4 Å². The van der Waals surface area contributed by atoms with Crippen LogP contribution < -0.4 is 16.0 Å². The summed E-state index contributed by atoms with van der Waals surface area (Å²) in [7, 11) is 0. The molecule has 4 fully saturated rings. The second kappa shape index (κ2) is 10.6. The fourth-order valence-corrected chi connectivity index (χ4v) is 6.54. The molecule has 1 amide bonds. The number of rotatable bonds is 10. The van der Waals surface area contributed by atoms with Gasteiger partial charge in [0.15, 0.2) is 0 Å². The van der Waals surface area contributed by atoms with Crippen molar-refractivity contribution in [3.63, 3.8) is 0 Å². The van der Waals surface area contributed by atoms with Crippen molar-refractivity contribution in [1.29, 1.82) is 0 Å². The number of nitrogens with one attached hydrogen (secondary N) is 3. The number of carbonyl (C=O) groups is 1. The van der Waals surface area contributed by atoms with E-state index in [1.807, 2.05) is 18.2 Å². The lowest BCUT2D eigenvalue weighted by atomic mass is 9.49. The van der Waals surface area contributed by atoms with Crippen LogP contribution in [0.2, 0.25) is 5.02 Å². The smallest absolute Gasteiger partial charge is 0.252 e. The van der Waals surface area contributed by atoms with Gasteiger partial charge in [-0.2, -0.15) is 0 Å². The number of amides is 1. The standard InChI is InChI=1S/C23H34ClN3O2.ClH/c24-21-2-1-16(14-26-4-3-25-5-6-28)10-20(21)22(29)27-15-23-11-17-7-18(12-23)9-19(8-17)13-23;/h1-2,10,17-19,25-26,28H,3-9,11-15H2,(H,27,29);1H. The van der Waals surface area contributed by atoms with Gasteiger partial charge >= 0.3 is 0 Å². The topological polar surface area (TPSA) is 73.4 Å². The number of hydrogen-bond acceptors (Lipinski definition) is 4. The Morgan fingerprint density at radius 1 is 1.03 bits per heavy atom. The zero-order valence-corrected chi connectivity index (χ0v) is 19.2. The third-order valence-corrected chi connectivity index (χ3v) is 7.49. The van der Waals surface area contributed by atoms with Crippen molar-refractivity contribution in [3.8, 4) is 0 Å². The minimum absolute atomic E-state index is 0. The highest BCUT2D eigenvalue weighted by Gasteiger charge is 2.50. The van der Waals surface area contributed by atoms with E-state index < -0.39 is 0 Å². The van der Waals surface area contributed by atoms with Crippen LogP contribution in [-0.4, -0.2) is 43.8 Å². The van der Waals surface area contributed by atoms with Gasteiger partial charge in [0.25, 0.3) is 5.91 Å². The molecule has 4 bridgehead atoms. The van der Waals surface area contributed by atoms with Crippen molar-refractivity contribution in [2.75, 3.05) is 32.8 Å². The number of halogens is 2. The summed E-state index contributed by atoms with van der Waals surface area (Å²) in [6.07, 6.45) is 8.14. The highest BCUT2D eigenvalue weighted by atomic mass is 35.5. The molecule has 0 aliphatic heterocycles. The Balaban J connectivity index is 0.00000256. The van der Waals surface area contributed by atoms with E-state index in [1.54, 1.807) is 0 Å². The predicted octanol–water partition coefficient (Wildman–Crippen LogP) is 3.38. The fourth-order valence-electron chi connectivity index (χ4n) is 6.34. The van der Waals surface area contributed by atoms with Gasteiger partial charge in [0, 0.05) is 32.7 Å². The monoisotopic (exact) mass is 455 g/mol. The van der Waals surface area contributed by atoms with Gasteiger partial charge in [-0.25, -0.2) is 0 Å². The summed E-state index contributed by atoms with van der Waals surface area (Å²) < 4.78 is 0. The minimum Gasteiger partial charge on any atom is -0.395 e. The lowest BCUT2D eigenvalue weighted by Crippen LogP contribution is -2.51. The summed E-state index contributed by atoms with van der Waals surface area (Å²) in [4.78, 5) is 12.9. The quantitative estimate of drug-likeness (QED) is 0.408. The van der Waals surface area contributed by atoms with Gasteiger partial charge in [0.2, 0.25) is 0 Å².